The van der Waals surface area contributed by atoms with Gasteiger partial charge in [-0.3, -0.25) is 0 Å². The molecule has 4 heterocycles. The minimum atomic E-state index is -0.736. The van der Waals surface area contributed by atoms with E-state index in [-0.39, 0.29) is 0 Å². The van der Waals surface area contributed by atoms with Crippen molar-refractivity contribution >= 4 is 33.4 Å². The molecule has 3 aromatic heterocycles. The fraction of sp³-hybridized carbons (Fsp3) is 0.300. The second-order valence-corrected chi connectivity index (χ2v) is 8.21. The zero-order valence-electron chi connectivity index (χ0n) is 15.8. The maximum Gasteiger partial charge on any atom is 0.405 e. The number of aromatic nitrogens is 3. The maximum absolute atomic E-state index is 11.1. The standard InChI is InChI=1S/C20H19BrN6O2/c1-20(29-19(23)28)4-6-26(7-5-20)17-3-2-13(10-24-17)16-8-15(21)12-27-18(16)14(9-22)11-25-27/h2-3,8,10-12H,4-7H2,1H3,(H2,23,28). The predicted molar refractivity (Wildman–Crippen MR) is 111 cm³/mol. The van der Waals surface area contributed by atoms with Crippen LogP contribution in [0, 0.1) is 11.3 Å². The van der Waals surface area contributed by atoms with Crippen LogP contribution in [-0.4, -0.2) is 39.4 Å². The number of pyridine rings is 2. The summed E-state index contributed by atoms with van der Waals surface area (Å²) in [6.45, 7) is 3.35. The fourth-order valence-electron chi connectivity index (χ4n) is 3.68. The van der Waals surface area contributed by atoms with Gasteiger partial charge in [0.25, 0.3) is 0 Å². The van der Waals surface area contributed by atoms with Crippen molar-refractivity contribution in [1.29, 1.82) is 5.26 Å². The van der Waals surface area contributed by atoms with Crippen molar-refractivity contribution in [3.63, 3.8) is 0 Å². The van der Waals surface area contributed by atoms with E-state index in [4.69, 9.17) is 10.5 Å². The van der Waals surface area contributed by atoms with E-state index in [9.17, 15) is 10.1 Å². The molecule has 0 aliphatic carbocycles. The second kappa shape index (κ2) is 7.37. The van der Waals surface area contributed by atoms with E-state index in [1.165, 1.54) is 0 Å². The van der Waals surface area contributed by atoms with Gasteiger partial charge in [-0.25, -0.2) is 14.3 Å². The van der Waals surface area contributed by atoms with Crippen molar-refractivity contribution in [2.75, 3.05) is 18.0 Å². The molecule has 0 aromatic carbocycles. The average molecular weight is 455 g/mol. The molecule has 9 heteroatoms. The molecule has 3 aromatic rings. The first kappa shape index (κ1) is 19.2. The molecule has 148 valence electrons. The summed E-state index contributed by atoms with van der Waals surface area (Å²) in [4.78, 5) is 17.9. The van der Waals surface area contributed by atoms with E-state index in [0.717, 1.165) is 40.0 Å². The van der Waals surface area contributed by atoms with Crippen LogP contribution in [0.1, 0.15) is 25.3 Å². The zero-order chi connectivity index (χ0) is 20.6. The van der Waals surface area contributed by atoms with Gasteiger partial charge in [-0.2, -0.15) is 10.4 Å². The summed E-state index contributed by atoms with van der Waals surface area (Å²) < 4.78 is 7.81. The minimum Gasteiger partial charge on any atom is -0.443 e. The third-order valence-electron chi connectivity index (χ3n) is 5.25. The summed E-state index contributed by atoms with van der Waals surface area (Å²) in [7, 11) is 0. The number of ether oxygens (including phenoxy) is 1. The van der Waals surface area contributed by atoms with E-state index in [0.29, 0.717) is 18.4 Å². The van der Waals surface area contributed by atoms with Gasteiger partial charge in [-0.1, -0.05) is 0 Å². The van der Waals surface area contributed by atoms with Crippen molar-refractivity contribution in [1.82, 2.24) is 14.6 Å². The van der Waals surface area contributed by atoms with Crippen molar-refractivity contribution in [3.05, 3.63) is 46.8 Å². The molecule has 8 nitrogen and oxygen atoms in total. The number of halogens is 1. The third-order valence-corrected chi connectivity index (χ3v) is 5.68. The van der Waals surface area contributed by atoms with Gasteiger partial charge in [0.05, 0.1) is 17.3 Å². The Bertz CT molecular complexity index is 1110. The lowest BCUT2D eigenvalue weighted by atomic mass is 9.93. The highest BCUT2D eigenvalue weighted by atomic mass is 79.9. The molecule has 0 unspecified atom stereocenters. The quantitative estimate of drug-likeness (QED) is 0.648. The van der Waals surface area contributed by atoms with E-state index in [1.54, 1.807) is 16.9 Å². The molecule has 0 spiro atoms. The Kier molecular flexibility index (Phi) is 4.88. The molecule has 1 saturated heterocycles. The molecule has 0 atom stereocenters. The van der Waals surface area contributed by atoms with Gasteiger partial charge in [-0.05, 0) is 41.1 Å². The smallest absolute Gasteiger partial charge is 0.405 e. The fourth-order valence-corrected chi connectivity index (χ4v) is 4.10. The molecule has 0 saturated carbocycles. The Morgan fingerprint density at radius 3 is 2.72 bits per heavy atom. The third kappa shape index (κ3) is 3.76. The highest BCUT2D eigenvalue weighted by Crippen LogP contribution is 2.32. The van der Waals surface area contributed by atoms with Crippen molar-refractivity contribution < 1.29 is 9.53 Å². The maximum atomic E-state index is 11.1. The van der Waals surface area contributed by atoms with E-state index < -0.39 is 11.7 Å². The first-order valence-electron chi connectivity index (χ1n) is 9.15. The lowest BCUT2D eigenvalue weighted by molar-refractivity contribution is 0.0126. The van der Waals surface area contributed by atoms with Gasteiger partial charge in [0.2, 0.25) is 0 Å². The van der Waals surface area contributed by atoms with Crippen molar-refractivity contribution in [3.8, 4) is 17.2 Å². The highest BCUT2D eigenvalue weighted by Gasteiger charge is 2.33. The molecule has 29 heavy (non-hydrogen) atoms. The van der Waals surface area contributed by atoms with Crippen LogP contribution in [-0.2, 0) is 4.74 Å². The number of nitrogens with zero attached hydrogens (tertiary/aromatic N) is 5. The summed E-state index contributed by atoms with van der Waals surface area (Å²) >= 11 is 3.50. The van der Waals surface area contributed by atoms with Gasteiger partial charge < -0.3 is 15.4 Å². The largest absolute Gasteiger partial charge is 0.443 e. The van der Waals surface area contributed by atoms with Crippen molar-refractivity contribution in [2.24, 2.45) is 5.73 Å². The number of hydrogen-bond donors (Lipinski definition) is 1. The number of nitrogens with two attached hydrogens (primary N) is 1. The topological polar surface area (TPSA) is 110 Å². The lowest BCUT2D eigenvalue weighted by Crippen LogP contribution is -2.46. The van der Waals surface area contributed by atoms with Gasteiger partial charge >= 0.3 is 6.09 Å². The lowest BCUT2D eigenvalue weighted by Gasteiger charge is -2.38. The van der Waals surface area contributed by atoms with Crippen LogP contribution in [0.2, 0.25) is 0 Å². The molecule has 0 bridgehead atoms. The Morgan fingerprint density at radius 2 is 2.10 bits per heavy atom. The number of carbonyl (C=O) groups is 1. The van der Waals surface area contributed by atoms with Crippen LogP contribution in [0.4, 0.5) is 10.6 Å². The monoisotopic (exact) mass is 454 g/mol. The number of anilines is 1. The minimum absolute atomic E-state index is 0.515. The molecule has 4 rings (SSSR count). The average Bonchev–Trinajstić information content (AvgIpc) is 3.10. The molecule has 2 N–H and O–H groups in total. The summed E-state index contributed by atoms with van der Waals surface area (Å²) in [6.07, 6.45) is 5.83. The molecular weight excluding hydrogens is 436 g/mol. The number of carbonyl (C=O) groups excluding carboxylic acids is 1. The summed E-state index contributed by atoms with van der Waals surface area (Å²) in [5, 5.41) is 13.7. The molecular formula is C20H19BrN6O2. The van der Waals surface area contributed by atoms with Gasteiger partial charge in [0.1, 0.15) is 17.5 Å². The molecule has 1 aliphatic heterocycles. The first-order valence-corrected chi connectivity index (χ1v) is 9.95. The number of amides is 1. The number of piperidine rings is 1. The molecule has 1 aliphatic rings. The van der Waals surface area contributed by atoms with Gasteiger partial charge in [-0.15, -0.1) is 0 Å². The van der Waals surface area contributed by atoms with E-state index >= 15 is 0 Å². The van der Waals surface area contributed by atoms with Crippen LogP contribution in [0.5, 0.6) is 0 Å². The number of primary amides is 1. The van der Waals surface area contributed by atoms with E-state index in [2.05, 4.69) is 37.0 Å². The van der Waals surface area contributed by atoms with Crippen LogP contribution < -0.4 is 10.6 Å². The zero-order valence-corrected chi connectivity index (χ0v) is 17.4. The summed E-state index contributed by atoms with van der Waals surface area (Å²) in [5.41, 5.74) is 7.69. The molecule has 1 fully saturated rings. The van der Waals surface area contributed by atoms with Crippen LogP contribution in [0.25, 0.3) is 16.6 Å². The number of nitriles is 1. The SMILES string of the molecule is CC1(OC(N)=O)CCN(c2ccc(-c3cc(Br)cn4ncc(C#N)c34)cn2)CC1. The highest BCUT2D eigenvalue weighted by molar-refractivity contribution is 9.10. The molecule has 0 radical (unpaired) electrons. The van der Waals surface area contributed by atoms with Crippen LogP contribution in [0.15, 0.2) is 41.3 Å². The van der Waals surface area contributed by atoms with E-state index in [1.807, 2.05) is 31.3 Å². The molecule has 1 amide bonds. The number of hydrogen-bond acceptors (Lipinski definition) is 6. The first-order chi connectivity index (χ1) is 13.9. The Labute approximate surface area is 176 Å². The summed E-state index contributed by atoms with van der Waals surface area (Å²) in [6, 6.07) is 8.11. The normalized spacial score (nSPS) is 15.8. The van der Waals surface area contributed by atoms with Gasteiger partial charge in [0, 0.05) is 53.9 Å². The second-order valence-electron chi connectivity index (χ2n) is 7.30. The number of rotatable bonds is 3. The van der Waals surface area contributed by atoms with Crippen LogP contribution in [0.3, 0.4) is 0 Å². The van der Waals surface area contributed by atoms with Gasteiger partial charge in [0.15, 0.2) is 0 Å². The Hall–Kier alpha value is -3.12. The summed E-state index contributed by atoms with van der Waals surface area (Å²) in [5.74, 6) is 0.856. The predicted octanol–water partition coefficient (Wildman–Crippen LogP) is 3.48. The Balaban J connectivity index is 1.59. The van der Waals surface area contributed by atoms with Crippen molar-refractivity contribution in [2.45, 2.75) is 25.4 Å². The Morgan fingerprint density at radius 1 is 1.34 bits per heavy atom. The number of fused-ring (bicyclic) bond motifs is 1. The van der Waals surface area contributed by atoms with Crippen LogP contribution >= 0.6 is 15.9 Å².